The second-order valence-corrected chi connectivity index (χ2v) is 3.05. The second kappa shape index (κ2) is 1.95. The molecule has 0 bridgehead atoms. The van der Waals surface area contributed by atoms with Crippen molar-refractivity contribution in [1.82, 2.24) is 0 Å². The third-order valence-corrected chi connectivity index (χ3v) is 2.27. The maximum Gasteiger partial charge on any atom is 0.311 e. The first-order valence-corrected chi connectivity index (χ1v) is 3.40. The van der Waals surface area contributed by atoms with Crippen LogP contribution in [0.15, 0.2) is 0 Å². The van der Waals surface area contributed by atoms with Crippen molar-refractivity contribution in [2.24, 2.45) is 11.8 Å². The minimum atomic E-state index is -1.25. The van der Waals surface area contributed by atoms with Crippen LogP contribution in [0.2, 0.25) is 0 Å². The molecular weight excluding hydrogens is 132 g/mol. The van der Waals surface area contributed by atoms with E-state index in [0.717, 1.165) is 0 Å². The lowest BCUT2D eigenvalue weighted by molar-refractivity contribution is -0.190. The molecule has 1 fully saturated rings. The van der Waals surface area contributed by atoms with E-state index in [4.69, 9.17) is 0 Å². The summed E-state index contributed by atoms with van der Waals surface area (Å²) in [6, 6.07) is 0. The number of cyclic esters (lactones) is 1. The van der Waals surface area contributed by atoms with Crippen LogP contribution in [0.3, 0.4) is 0 Å². The van der Waals surface area contributed by atoms with Crippen LogP contribution in [0.4, 0.5) is 0 Å². The number of rotatable bonds is 0. The molecule has 3 atom stereocenters. The molecule has 1 saturated heterocycles. The average Bonchev–Trinajstić information content (AvgIpc) is 1.95. The standard InChI is InChI=1S/C7H12O3/c1-4-5(2)7(3,9)10-6(4)8/h4-5,9H,1-3H3. The monoisotopic (exact) mass is 144 g/mol. The number of ether oxygens (including phenoxy) is 1. The Morgan fingerprint density at radius 1 is 1.60 bits per heavy atom. The van der Waals surface area contributed by atoms with Gasteiger partial charge in [-0.3, -0.25) is 4.79 Å². The van der Waals surface area contributed by atoms with Gasteiger partial charge >= 0.3 is 5.97 Å². The van der Waals surface area contributed by atoms with Crippen molar-refractivity contribution in [2.75, 3.05) is 0 Å². The molecule has 3 nitrogen and oxygen atoms in total. The number of carbonyl (C=O) groups is 1. The van der Waals surface area contributed by atoms with E-state index < -0.39 is 5.79 Å². The Bertz CT molecular complexity index is 162. The molecule has 3 heteroatoms. The molecule has 0 aliphatic carbocycles. The summed E-state index contributed by atoms with van der Waals surface area (Å²) in [5.41, 5.74) is 0. The van der Waals surface area contributed by atoms with Crippen LogP contribution in [0.5, 0.6) is 0 Å². The molecule has 1 N–H and O–H groups in total. The van der Waals surface area contributed by atoms with Crippen molar-refractivity contribution in [3.05, 3.63) is 0 Å². The summed E-state index contributed by atoms with van der Waals surface area (Å²) < 4.78 is 4.69. The summed E-state index contributed by atoms with van der Waals surface area (Å²) in [4.78, 5) is 10.8. The van der Waals surface area contributed by atoms with Gasteiger partial charge in [-0.1, -0.05) is 13.8 Å². The molecule has 0 aromatic rings. The number of carbonyl (C=O) groups excluding carboxylic acids is 1. The molecule has 58 valence electrons. The van der Waals surface area contributed by atoms with Gasteiger partial charge in [0.25, 0.3) is 0 Å². The largest absolute Gasteiger partial charge is 0.433 e. The van der Waals surface area contributed by atoms with Gasteiger partial charge in [-0.2, -0.15) is 0 Å². The van der Waals surface area contributed by atoms with E-state index in [0.29, 0.717) is 0 Å². The van der Waals surface area contributed by atoms with Gasteiger partial charge in [0.1, 0.15) is 0 Å². The van der Waals surface area contributed by atoms with Crippen LogP contribution < -0.4 is 0 Å². The van der Waals surface area contributed by atoms with Crippen LogP contribution in [0, 0.1) is 11.8 Å². The van der Waals surface area contributed by atoms with Gasteiger partial charge in [0.15, 0.2) is 0 Å². The molecule has 0 saturated carbocycles. The van der Waals surface area contributed by atoms with Gasteiger partial charge in [-0.15, -0.1) is 0 Å². The maximum absolute atomic E-state index is 10.8. The molecule has 1 rings (SSSR count). The number of esters is 1. The molecule has 1 aliphatic rings. The van der Waals surface area contributed by atoms with E-state index in [2.05, 4.69) is 4.74 Å². The van der Waals surface area contributed by atoms with Gasteiger partial charge in [0.05, 0.1) is 5.92 Å². The van der Waals surface area contributed by atoms with Crippen molar-refractivity contribution in [2.45, 2.75) is 26.6 Å². The van der Waals surface area contributed by atoms with Crippen molar-refractivity contribution in [3.8, 4) is 0 Å². The van der Waals surface area contributed by atoms with Gasteiger partial charge in [0.2, 0.25) is 5.79 Å². The topological polar surface area (TPSA) is 46.5 Å². The van der Waals surface area contributed by atoms with Crippen LogP contribution in [0.25, 0.3) is 0 Å². The third kappa shape index (κ3) is 0.904. The Hall–Kier alpha value is -0.570. The molecule has 1 aliphatic heterocycles. The normalized spacial score (nSPS) is 47.4. The zero-order valence-corrected chi connectivity index (χ0v) is 6.42. The minimum absolute atomic E-state index is 0.111. The van der Waals surface area contributed by atoms with Crippen LogP contribution in [-0.4, -0.2) is 16.9 Å². The maximum atomic E-state index is 10.8. The van der Waals surface area contributed by atoms with Crippen molar-refractivity contribution >= 4 is 5.97 Å². The number of aliphatic hydroxyl groups is 1. The van der Waals surface area contributed by atoms with E-state index in [1.165, 1.54) is 6.92 Å². The summed E-state index contributed by atoms with van der Waals surface area (Å²) in [5.74, 6) is -1.86. The Morgan fingerprint density at radius 2 is 2.10 bits per heavy atom. The summed E-state index contributed by atoms with van der Waals surface area (Å²) in [5, 5.41) is 9.36. The Labute approximate surface area is 60.0 Å². The quantitative estimate of drug-likeness (QED) is 0.504. The zero-order chi connectivity index (χ0) is 7.94. The Morgan fingerprint density at radius 3 is 2.20 bits per heavy atom. The lowest BCUT2D eigenvalue weighted by atomic mass is 9.93. The molecule has 0 spiro atoms. The lowest BCUT2D eigenvalue weighted by Gasteiger charge is -2.19. The fourth-order valence-electron chi connectivity index (χ4n) is 1.06. The number of hydrogen-bond donors (Lipinski definition) is 1. The van der Waals surface area contributed by atoms with Crippen LogP contribution in [0.1, 0.15) is 20.8 Å². The molecule has 10 heavy (non-hydrogen) atoms. The van der Waals surface area contributed by atoms with E-state index >= 15 is 0 Å². The average molecular weight is 144 g/mol. The molecular formula is C7H12O3. The first-order valence-electron chi connectivity index (χ1n) is 3.40. The van der Waals surface area contributed by atoms with Crippen LogP contribution in [-0.2, 0) is 9.53 Å². The third-order valence-electron chi connectivity index (χ3n) is 2.27. The second-order valence-electron chi connectivity index (χ2n) is 3.05. The molecule has 0 aromatic carbocycles. The highest BCUT2D eigenvalue weighted by Crippen LogP contribution is 2.34. The van der Waals surface area contributed by atoms with Crippen LogP contribution >= 0.6 is 0 Å². The fourth-order valence-corrected chi connectivity index (χ4v) is 1.06. The van der Waals surface area contributed by atoms with Gasteiger partial charge in [-0.05, 0) is 0 Å². The summed E-state index contributed by atoms with van der Waals surface area (Å²) in [6.07, 6.45) is 0. The fraction of sp³-hybridized carbons (Fsp3) is 0.857. The molecule has 0 amide bonds. The van der Waals surface area contributed by atoms with E-state index in [-0.39, 0.29) is 17.8 Å². The highest BCUT2D eigenvalue weighted by atomic mass is 16.7. The lowest BCUT2D eigenvalue weighted by Crippen LogP contribution is -2.30. The van der Waals surface area contributed by atoms with E-state index in [1.54, 1.807) is 13.8 Å². The summed E-state index contributed by atoms with van der Waals surface area (Å²) in [6.45, 7) is 5.07. The first kappa shape index (κ1) is 7.54. The molecule has 1 heterocycles. The van der Waals surface area contributed by atoms with Crippen molar-refractivity contribution in [3.63, 3.8) is 0 Å². The van der Waals surface area contributed by atoms with Gasteiger partial charge < -0.3 is 9.84 Å². The number of hydrogen-bond acceptors (Lipinski definition) is 3. The smallest absolute Gasteiger partial charge is 0.311 e. The highest BCUT2D eigenvalue weighted by Gasteiger charge is 2.46. The zero-order valence-electron chi connectivity index (χ0n) is 6.42. The van der Waals surface area contributed by atoms with E-state index in [9.17, 15) is 9.90 Å². The van der Waals surface area contributed by atoms with Crippen molar-refractivity contribution in [1.29, 1.82) is 0 Å². The van der Waals surface area contributed by atoms with Gasteiger partial charge in [0, 0.05) is 12.8 Å². The predicted molar refractivity (Wildman–Crippen MR) is 35.0 cm³/mol. The summed E-state index contributed by atoms with van der Waals surface area (Å²) in [7, 11) is 0. The summed E-state index contributed by atoms with van der Waals surface area (Å²) >= 11 is 0. The molecule has 3 unspecified atom stereocenters. The SMILES string of the molecule is CC1C(=O)OC(C)(O)C1C. The molecule has 0 radical (unpaired) electrons. The predicted octanol–water partition coefficient (Wildman–Crippen LogP) is 0.524. The molecule has 0 aromatic heterocycles. The highest BCUT2D eigenvalue weighted by molar-refractivity contribution is 5.75. The van der Waals surface area contributed by atoms with Gasteiger partial charge in [-0.25, -0.2) is 0 Å². The minimum Gasteiger partial charge on any atom is -0.433 e. The van der Waals surface area contributed by atoms with E-state index in [1.807, 2.05) is 0 Å². The Balaban J connectivity index is 2.81. The van der Waals surface area contributed by atoms with Crippen molar-refractivity contribution < 1.29 is 14.6 Å². The Kier molecular flexibility index (Phi) is 1.47. The first-order chi connectivity index (χ1) is 4.45.